The topological polar surface area (TPSA) is 58.6 Å². The summed E-state index contributed by atoms with van der Waals surface area (Å²) < 4.78 is 5.66. The van der Waals surface area contributed by atoms with Crippen LogP contribution in [0.25, 0.3) is 0 Å². The largest absolute Gasteiger partial charge is 0.459 e. The first-order valence-corrected chi connectivity index (χ1v) is 9.81. The van der Waals surface area contributed by atoms with Crippen LogP contribution in [-0.4, -0.2) is 47.6 Å². The Morgan fingerprint density at radius 2 is 1.92 bits per heavy atom. The lowest BCUT2D eigenvalue weighted by atomic mass is 9.95. The lowest BCUT2D eigenvalue weighted by molar-refractivity contribution is -0.160. The SMILES string of the molecule is CCCC(CN1C[C@@H](CC)C[C@@H]1C(=O)OC(C)(C)C)C(C)NC(C)=O. The summed E-state index contributed by atoms with van der Waals surface area (Å²) in [5, 5.41) is 3.03. The highest BCUT2D eigenvalue weighted by atomic mass is 16.6. The Balaban J connectivity index is 2.84. The summed E-state index contributed by atoms with van der Waals surface area (Å²) in [7, 11) is 0. The quantitative estimate of drug-likeness (QED) is 0.679. The second kappa shape index (κ2) is 9.56. The van der Waals surface area contributed by atoms with E-state index in [0.717, 1.165) is 38.8 Å². The molecule has 0 aromatic carbocycles. The van der Waals surface area contributed by atoms with Gasteiger partial charge in [-0.15, -0.1) is 0 Å². The van der Waals surface area contributed by atoms with Gasteiger partial charge in [-0.2, -0.15) is 0 Å². The van der Waals surface area contributed by atoms with Gasteiger partial charge in [-0.25, -0.2) is 0 Å². The smallest absolute Gasteiger partial charge is 0.323 e. The lowest BCUT2D eigenvalue weighted by Gasteiger charge is -2.32. The molecule has 0 saturated carbocycles. The fourth-order valence-electron chi connectivity index (χ4n) is 3.72. The van der Waals surface area contributed by atoms with Gasteiger partial charge in [-0.1, -0.05) is 26.7 Å². The van der Waals surface area contributed by atoms with Crippen molar-refractivity contribution in [2.45, 2.75) is 91.8 Å². The van der Waals surface area contributed by atoms with Gasteiger partial charge < -0.3 is 10.1 Å². The third-order valence-corrected chi connectivity index (χ3v) is 5.01. The molecule has 1 N–H and O–H groups in total. The summed E-state index contributed by atoms with van der Waals surface area (Å²) in [5.74, 6) is 0.779. The van der Waals surface area contributed by atoms with Crippen LogP contribution in [0, 0.1) is 11.8 Å². The third kappa shape index (κ3) is 7.35. The van der Waals surface area contributed by atoms with E-state index in [1.807, 2.05) is 20.8 Å². The third-order valence-electron chi connectivity index (χ3n) is 5.01. The maximum atomic E-state index is 12.7. The molecule has 2 unspecified atom stereocenters. The van der Waals surface area contributed by atoms with Gasteiger partial charge in [0, 0.05) is 26.1 Å². The first kappa shape index (κ1) is 21.9. The molecular formula is C20H38N2O3. The van der Waals surface area contributed by atoms with Gasteiger partial charge in [0.2, 0.25) is 5.91 Å². The Bertz CT molecular complexity index is 445. The number of nitrogens with one attached hydrogen (secondary N) is 1. The van der Waals surface area contributed by atoms with Gasteiger partial charge in [-0.05, 0) is 52.4 Å². The van der Waals surface area contributed by atoms with E-state index in [1.54, 1.807) is 6.92 Å². The molecule has 0 aromatic rings. The first-order chi connectivity index (χ1) is 11.6. The Hall–Kier alpha value is -1.10. The summed E-state index contributed by atoms with van der Waals surface area (Å²) in [6.45, 7) is 15.5. The second-order valence-corrected chi connectivity index (χ2v) is 8.55. The molecule has 0 spiro atoms. The lowest BCUT2D eigenvalue weighted by Crippen LogP contribution is -2.46. The molecule has 0 aliphatic carbocycles. The zero-order valence-electron chi connectivity index (χ0n) is 17.2. The average molecular weight is 355 g/mol. The monoisotopic (exact) mass is 354 g/mol. The molecule has 4 atom stereocenters. The number of ether oxygens (including phenoxy) is 1. The van der Waals surface area contributed by atoms with Crippen molar-refractivity contribution in [2.75, 3.05) is 13.1 Å². The van der Waals surface area contributed by atoms with Gasteiger partial charge in [-0.3, -0.25) is 14.5 Å². The summed E-state index contributed by atoms with van der Waals surface area (Å²) in [4.78, 5) is 26.4. The van der Waals surface area contributed by atoms with Gasteiger partial charge in [0.1, 0.15) is 11.6 Å². The van der Waals surface area contributed by atoms with Crippen molar-refractivity contribution in [2.24, 2.45) is 11.8 Å². The number of esters is 1. The van der Waals surface area contributed by atoms with Crippen LogP contribution >= 0.6 is 0 Å². The zero-order chi connectivity index (χ0) is 19.2. The molecule has 1 aliphatic heterocycles. The number of likely N-dealkylation sites (tertiary alicyclic amines) is 1. The van der Waals surface area contributed by atoms with E-state index in [0.29, 0.717) is 11.8 Å². The van der Waals surface area contributed by atoms with E-state index in [2.05, 4.69) is 31.0 Å². The van der Waals surface area contributed by atoms with Gasteiger partial charge in [0.25, 0.3) is 0 Å². The highest BCUT2D eigenvalue weighted by Gasteiger charge is 2.39. The number of rotatable bonds is 8. The van der Waals surface area contributed by atoms with Gasteiger partial charge >= 0.3 is 5.97 Å². The molecule has 1 saturated heterocycles. The van der Waals surface area contributed by atoms with Crippen LogP contribution < -0.4 is 5.32 Å². The minimum atomic E-state index is -0.459. The number of nitrogens with zero attached hydrogens (tertiary/aromatic N) is 1. The van der Waals surface area contributed by atoms with Crippen LogP contribution in [0.3, 0.4) is 0 Å². The van der Waals surface area contributed by atoms with Crippen molar-refractivity contribution in [3.63, 3.8) is 0 Å². The van der Waals surface area contributed by atoms with E-state index in [1.165, 1.54) is 0 Å². The minimum Gasteiger partial charge on any atom is -0.459 e. The fraction of sp³-hybridized carbons (Fsp3) is 0.900. The van der Waals surface area contributed by atoms with Crippen LogP contribution in [0.15, 0.2) is 0 Å². The van der Waals surface area contributed by atoms with Crippen LogP contribution in [0.2, 0.25) is 0 Å². The highest BCUT2D eigenvalue weighted by Crippen LogP contribution is 2.29. The predicted octanol–water partition coefficient (Wildman–Crippen LogP) is 3.37. The number of hydrogen-bond acceptors (Lipinski definition) is 4. The van der Waals surface area contributed by atoms with E-state index in [-0.39, 0.29) is 24.0 Å². The molecular weight excluding hydrogens is 316 g/mol. The Kier molecular flexibility index (Phi) is 8.39. The summed E-state index contributed by atoms with van der Waals surface area (Å²) >= 11 is 0. The molecule has 1 aliphatic rings. The molecule has 146 valence electrons. The van der Waals surface area contributed by atoms with Crippen molar-refractivity contribution in [3.05, 3.63) is 0 Å². The average Bonchev–Trinajstić information content (AvgIpc) is 2.87. The number of carbonyl (C=O) groups excluding carboxylic acids is 2. The van der Waals surface area contributed by atoms with Crippen molar-refractivity contribution >= 4 is 11.9 Å². The first-order valence-electron chi connectivity index (χ1n) is 9.81. The number of amides is 1. The van der Waals surface area contributed by atoms with Crippen LogP contribution in [-0.2, 0) is 14.3 Å². The van der Waals surface area contributed by atoms with Crippen molar-refractivity contribution in [1.82, 2.24) is 10.2 Å². The van der Waals surface area contributed by atoms with Crippen molar-refractivity contribution in [1.29, 1.82) is 0 Å². The fourth-order valence-corrected chi connectivity index (χ4v) is 3.72. The van der Waals surface area contributed by atoms with Gasteiger partial charge in [0.05, 0.1) is 0 Å². The minimum absolute atomic E-state index is 0.00477. The van der Waals surface area contributed by atoms with E-state index >= 15 is 0 Å². The Labute approximate surface area is 153 Å². The highest BCUT2D eigenvalue weighted by molar-refractivity contribution is 5.76. The summed E-state index contributed by atoms with van der Waals surface area (Å²) in [5.41, 5.74) is -0.459. The normalized spacial score (nSPS) is 24.0. The molecule has 0 bridgehead atoms. The number of carbonyl (C=O) groups is 2. The molecule has 25 heavy (non-hydrogen) atoms. The summed E-state index contributed by atoms with van der Waals surface area (Å²) in [6.07, 6.45) is 4.06. The second-order valence-electron chi connectivity index (χ2n) is 8.55. The summed E-state index contributed by atoms with van der Waals surface area (Å²) in [6, 6.07) is -0.0505. The molecule has 1 rings (SSSR count). The maximum Gasteiger partial charge on any atom is 0.323 e. The molecule has 0 aromatic heterocycles. The van der Waals surface area contributed by atoms with Crippen LogP contribution in [0.4, 0.5) is 0 Å². The Morgan fingerprint density at radius 3 is 2.40 bits per heavy atom. The molecule has 5 heteroatoms. The van der Waals surface area contributed by atoms with E-state index in [4.69, 9.17) is 4.74 Å². The van der Waals surface area contributed by atoms with Gasteiger partial charge in [0.15, 0.2) is 0 Å². The Morgan fingerprint density at radius 1 is 1.28 bits per heavy atom. The predicted molar refractivity (Wildman–Crippen MR) is 101 cm³/mol. The van der Waals surface area contributed by atoms with Crippen molar-refractivity contribution < 1.29 is 14.3 Å². The molecule has 1 amide bonds. The van der Waals surface area contributed by atoms with E-state index < -0.39 is 5.60 Å². The van der Waals surface area contributed by atoms with Crippen molar-refractivity contribution in [3.8, 4) is 0 Å². The standard InChI is InChI=1S/C20H38N2O3/c1-8-10-17(14(3)21-15(4)23)13-22-12-16(9-2)11-18(22)19(24)25-20(5,6)7/h14,16-18H,8-13H2,1-7H3,(H,21,23)/t14?,16-,17?,18+/m0/s1. The molecule has 1 fully saturated rings. The van der Waals surface area contributed by atoms with E-state index in [9.17, 15) is 9.59 Å². The molecule has 1 heterocycles. The number of hydrogen-bond donors (Lipinski definition) is 1. The van der Waals surface area contributed by atoms with Crippen LogP contribution in [0.1, 0.15) is 74.1 Å². The maximum absolute atomic E-state index is 12.7. The molecule has 0 radical (unpaired) electrons. The molecule has 5 nitrogen and oxygen atoms in total. The van der Waals surface area contributed by atoms with Crippen LogP contribution in [0.5, 0.6) is 0 Å². The zero-order valence-corrected chi connectivity index (χ0v) is 17.2.